The summed E-state index contributed by atoms with van der Waals surface area (Å²) in [6.45, 7) is 12.8. The number of aryl methyl sites for hydroxylation is 1. The molecule has 0 N–H and O–H groups in total. The standard InChI is InChI=1S/C15H24N2/c1-7-12(4)14-10-17(6)16-15(14)9-8-13(5)11(2)3/h8-12H,5,7H2,1-4,6H3/b9-8-/t12-/m1/s1. The van der Waals surface area contributed by atoms with Gasteiger partial charge in [0.15, 0.2) is 0 Å². The fourth-order valence-electron chi connectivity index (χ4n) is 1.63. The predicted molar refractivity (Wildman–Crippen MR) is 74.9 cm³/mol. The highest BCUT2D eigenvalue weighted by Crippen LogP contribution is 2.23. The Morgan fingerprint density at radius 2 is 2.12 bits per heavy atom. The first-order valence-electron chi connectivity index (χ1n) is 6.36. The fourth-order valence-corrected chi connectivity index (χ4v) is 1.63. The second kappa shape index (κ2) is 5.85. The Bertz CT molecular complexity index is 411. The van der Waals surface area contributed by atoms with Crippen LogP contribution in [0.3, 0.4) is 0 Å². The van der Waals surface area contributed by atoms with Crippen molar-refractivity contribution in [3.8, 4) is 0 Å². The van der Waals surface area contributed by atoms with Crippen molar-refractivity contribution < 1.29 is 0 Å². The van der Waals surface area contributed by atoms with E-state index in [0.29, 0.717) is 11.8 Å². The van der Waals surface area contributed by atoms with Gasteiger partial charge in [0.25, 0.3) is 0 Å². The summed E-state index contributed by atoms with van der Waals surface area (Å²) in [5.41, 5.74) is 3.54. The van der Waals surface area contributed by atoms with Crippen LogP contribution < -0.4 is 0 Å². The lowest BCUT2D eigenvalue weighted by atomic mass is 9.98. The van der Waals surface area contributed by atoms with Gasteiger partial charge in [0, 0.05) is 18.8 Å². The van der Waals surface area contributed by atoms with E-state index in [1.54, 1.807) is 0 Å². The molecule has 0 amide bonds. The highest BCUT2D eigenvalue weighted by atomic mass is 15.2. The molecular weight excluding hydrogens is 208 g/mol. The SMILES string of the molecule is C=C(/C=C\c1nn(C)cc1[C@H](C)CC)C(C)C. The van der Waals surface area contributed by atoms with Crippen molar-refractivity contribution in [2.75, 3.05) is 0 Å². The van der Waals surface area contributed by atoms with Gasteiger partial charge in [0.2, 0.25) is 0 Å². The van der Waals surface area contributed by atoms with Crippen molar-refractivity contribution in [1.82, 2.24) is 9.78 Å². The maximum absolute atomic E-state index is 4.50. The average molecular weight is 232 g/mol. The molecule has 0 radical (unpaired) electrons. The van der Waals surface area contributed by atoms with Crippen LogP contribution in [0.15, 0.2) is 24.4 Å². The number of aromatic nitrogens is 2. The molecule has 0 aliphatic rings. The topological polar surface area (TPSA) is 17.8 Å². The van der Waals surface area contributed by atoms with Crippen molar-refractivity contribution in [2.24, 2.45) is 13.0 Å². The summed E-state index contributed by atoms with van der Waals surface area (Å²) in [7, 11) is 1.97. The first-order valence-corrected chi connectivity index (χ1v) is 6.36. The van der Waals surface area contributed by atoms with E-state index in [2.05, 4.69) is 57.7 Å². The quantitative estimate of drug-likeness (QED) is 0.697. The van der Waals surface area contributed by atoms with Crippen LogP contribution in [0.1, 0.15) is 51.3 Å². The van der Waals surface area contributed by atoms with Gasteiger partial charge < -0.3 is 0 Å². The van der Waals surface area contributed by atoms with E-state index in [0.717, 1.165) is 17.7 Å². The van der Waals surface area contributed by atoms with Gasteiger partial charge in [0.1, 0.15) is 0 Å². The first-order chi connectivity index (χ1) is 7.95. The van der Waals surface area contributed by atoms with Crippen LogP contribution in [0.5, 0.6) is 0 Å². The zero-order valence-electron chi connectivity index (χ0n) is 11.7. The van der Waals surface area contributed by atoms with Gasteiger partial charge in [-0.3, -0.25) is 4.68 Å². The zero-order chi connectivity index (χ0) is 13.0. The first kappa shape index (κ1) is 13.8. The maximum Gasteiger partial charge on any atom is 0.0885 e. The highest BCUT2D eigenvalue weighted by molar-refractivity contribution is 5.53. The van der Waals surface area contributed by atoms with E-state index in [-0.39, 0.29) is 0 Å². The second-order valence-electron chi connectivity index (χ2n) is 5.02. The van der Waals surface area contributed by atoms with Crippen LogP contribution in [0, 0.1) is 5.92 Å². The van der Waals surface area contributed by atoms with Crippen LogP contribution in [0.25, 0.3) is 6.08 Å². The number of allylic oxidation sites excluding steroid dienone is 2. The number of hydrogen-bond donors (Lipinski definition) is 0. The minimum atomic E-state index is 0.488. The van der Waals surface area contributed by atoms with Crippen molar-refractivity contribution in [1.29, 1.82) is 0 Å². The van der Waals surface area contributed by atoms with Crippen molar-refractivity contribution in [2.45, 2.75) is 40.0 Å². The molecule has 0 spiro atoms. The lowest BCUT2D eigenvalue weighted by Crippen LogP contribution is -1.92. The molecule has 94 valence electrons. The lowest BCUT2D eigenvalue weighted by molar-refractivity contribution is 0.727. The van der Waals surface area contributed by atoms with E-state index in [1.165, 1.54) is 5.56 Å². The molecule has 0 aliphatic heterocycles. The molecule has 2 heteroatoms. The van der Waals surface area contributed by atoms with Crippen LogP contribution in [-0.4, -0.2) is 9.78 Å². The molecule has 0 fully saturated rings. The molecule has 1 heterocycles. The molecule has 0 saturated carbocycles. The normalized spacial score (nSPS) is 13.5. The van der Waals surface area contributed by atoms with E-state index >= 15 is 0 Å². The van der Waals surface area contributed by atoms with Gasteiger partial charge >= 0.3 is 0 Å². The molecule has 1 aromatic rings. The molecular formula is C15H24N2. The number of rotatable bonds is 5. The van der Waals surface area contributed by atoms with Gasteiger partial charge in [-0.2, -0.15) is 5.10 Å². The van der Waals surface area contributed by atoms with E-state index < -0.39 is 0 Å². The van der Waals surface area contributed by atoms with Gasteiger partial charge in [0.05, 0.1) is 5.69 Å². The van der Waals surface area contributed by atoms with Crippen LogP contribution >= 0.6 is 0 Å². The van der Waals surface area contributed by atoms with Crippen LogP contribution in [0.4, 0.5) is 0 Å². The Balaban J connectivity index is 2.94. The van der Waals surface area contributed by atoms with Gasteiger partial charge in [-0.15, -0.1) is 0 Å². The van der Waals surface area contributed by atoms with E-state index in [4.69, 9.17) is 0 Å². The summed E-state index contributed by atoms with van der Waals surface area (Å²) in [4.78, 5) is 0. The number of hydrogen-bond acceptors (Lipinski definition) is 1. The minimum absolute atomic E-state index is 0.488. The van der Waals surface area contributed by atoms with E-state index in [1.807, 2.05) is 11.7 Å². The van der Waals surface area contributed by atoms with Crippen molar-refractivity contribution >= 4 is 6.08 Å². The Hall–Kier alpha value is -1.31. The maximum atomic E-state index is 4.50. The summed E-state index contributed by atoms with van der Waals surface area (Å²) in [6, 6.07) is 0. The largest absolute Gasteiger partial charge is 0.275 e. The summed E-state index contributed by atoms with van der Waals surface area (Å²) in [5.74, 6) is 1.04. The molecule has 0 bridgehead atoms. The molecule has 1 atom stereocenters. The highest BCUT2D eigenvalue weighted by Gasteiger charge is 2.11. The van der Waals surface area contributed by atoms with Crippen LogP contribution in [0.2, 0.25) is 0 Å². The number of nitrogens with zero attached hydrogens (tertiary/aromatic N) is 2. The zero-order valence-corrected chi connectivity index (χ0v) is 11.7. The smallest absolute Gasteiger partial charge is 0.0885 e. The summed E-state index contributed by atoms with van der Waals surface area (Å²) in [5, 5.41) is 4.50. The summed E-state index contributed by atoms with van der Waals surface area (Å²) < 4.78 is 1.89. The van der Waals surface area contributed by atoms with Gasteiger partial charge in [-0.1, -0.05) is 45.9 Å². The molecule has 1 aromatic heterocycles. The molecule has 0 unspecified atom stereocenters. The molecule has 0 aromatic carbocycles. The predicted octanol–water partition coefficient (Wildman–Crippen LogP) is 4.16. The van der Waals surface area contributed by atoms with Gasteiger partial charge in [-0.25, -0.2) is 0 Å². The van der Waals surface area contributed by atoms with Crippen LogP contribution in [-0.2, 0) is 7.05 Å². The molecule has 1 rings (SSSR count). The average Bonchev–Trinajstić information content (AvgIpc) is 2.66. The molecule has 17 heavy (non-hydrogen) atoms. The molecule has 0 saturated heterocycles. The summed E-state index contributed by atoms with van der Waals surface area (Å²) in [6.07, 6.45) is 7.42. The van der Waals surface area contributed by atoms with Crippen molar-refractivity contribution in [3.05, 3.63) is 35.7 Å². The third-order valence-corrected chi connectivity index (χ3v) is 3.23. The Morgan fingerprint density at radius 3 is 2.65 bits per heavy atom. The molecule has 2 nitrogen and oxygen atoms in total. The van der Waals surface area contributed by atoms with E-state index in [9.17, 15) is 0 Å². The fraction of sp³-hybridized carbons (Fsp3) is 0.533. The Morgan fingerprint density at radius 1 is 1.47 bits per heavy atom. The van der Waals surface area contributed by atoms with Crippen molar-refractivity contribution in [3.63, 3.8) is 0 Å². The third kappa shape index (κ3) is 3.58. The Kier molecular flexibility index (Phi) is 4.73. The Labute approximate surface area is 105 Å². The lowest BCUT2D eigenvalue weighted by Gasteiger charge is -2.06. The molecule has 0 aliphatic carbocycles. The minimum Gasteiger partial charge on any atom is -0.275 e. The second-order valence-corrected chi connectivity index (χ2v) is 5.02. The van der Waals surface area contributed by atoms with Gasteiger partial charge in [-0.05, 0) is 24.3 Å². The monoisotopic (exact) mass is 232 g/mol. The summed E-state index contributed by atoms with van der Waals surface area (Å²) >= 11 is 0. The third-order valence-electron chi connectivity index (χ3n) is 3.23.